The van der Waals surface area contributed by atoms with Crippen molar-refractivity contribution in [2.24, 2.45) is 5.92 Å². The minimum atomic E-state index is 0.0952. The summed E-state index contributed by atoms with van der Waals surface area (Å²) in [4.78, 5) is 12.3. The molecule has 3 rings (SSSR count). The Morgan fingerprint density at radius 3 is 2.84 bits per heavy atom. The van der Waals surface area contributed by atoms with Gasteiger partial charge in [-0.15, -0.1) is 0 Å². The van der Waals surface area contributed by atoms with E-state index in [0.717, 1.165) is 30.1 Å². The number of nitrogens with zero attached hydrogens (tertiary/aromatic N) is 2. The molecule has 0 bridgehead atoms. The Labute approximate surface area is 153 Å². The summed E-state index contributed by atoms with van der Waals surface area (Å²) in [5.74, 6) is 1.67. The van der Waals surface area contributed by atoms with Gasteiger partial charge in [0.15, 0.2) is 10.6 Å². The van der Waals surface area contributed by atoms with Gasteiger partial charge in [0.05, 0.1) is 0 Å². The lowest BCUT2D eigenvalue weighted by atomic mass is 9.87. The largest absolute Gasteiger partial charge is 0.353 e. The van der Waals surface area contributed by atoms with Gasteiger partial charge in [0.2, 0.25) is 5.91 Å². The zero-order chi connectivity index (χ0) is 17.8. The van der Waals surface area contributed by atoms with Crippen molar-refractivity contribution >= 4 is 18.1 Å². The molecule has 6 heteroatoms. The average Bonchev–Trinajstić information content (AvgIpc) is 2.96. The van der Waals surface area contributed by atoms with Gasteiger partial charge in [-0.05, 0) is 56.8 Å². The van der Waals surface area contributed by atoms with E-state index in [9.17, 15) is 4.79 Å². The van der Waals surface area contributed by atoms with Gasteiger partial charge in [-0.3, -0.25) is 14.5 Å². The molecule has 0 radical (unpaired) electrons. The van der Waals surface area contributed by atoms with Gasteiger partial charge in [0, 0.05) is 24.6 Å². The molecule has 1 saturated carbocycles. The van der Waals surface area contributed by atoms with E-state index in [0.29, 0.717) is 23.8 Å². The van der Waals surface area contributed by atoms with Crippen molar-refractivity contribution in [1.82, 2.24) is 20.1 Å². The number of aromatic amines is 1. The first-order valence-electron chi connectivity index (χ1n) is 9.04. The summed E-state index contributed by atoms with van der Waals surface area (Å²) in [7, 11) is 0. The highest BCUT2D eigenvalue weighted by molar-refractivity contribution is 7.71. The molecule has 2 N–H and O–H groups in total. The molecule has 1 amide bonds. The monoisotopic (exact) mass is 358 g/mol. The Hall–Kier alpha value is -1.95. The van der Waals surface area contributed by atoms with Crippen molar-refractivity contribution in [2.75, 3.05) is 0 Å². The third-order valence-corrected chi connectivity index (χ3v) is 5.29. The van der Waals surface area contributed by atoms with Gasteiger partial charge in [-0.25, -0.2) is 0 Å². The lowest BCUT2D eigenvalue weighted by Crippen LogP contribution is -2.37. The zero-order valence-corrected chi connectivity index (χ0v) is 15.7. The standard InChI is InChI=1S/C19H26N4OS/c1-13-6-8-16(9-7-13)20-17(24)10-11-23-18(21-22-19(23)25)15-5-3-4-14(2)12-15/h3-5,12-13,16H,6-11H2,1-2H3,(H,20,24)(H,22,25). The van der Waals surface area contributed by atoms with Crippen molar-refractivity contribution in [3.05, 3.63) is 34.6 Å². The van der Waals surface area contributed by atoms with E-state index in [1.807, 2.05) is 29.7 Å². The maximum atomic E-state index is 12.3. The molecule has 2 aromatic rings. The number of hydrogen-bond donors (Lipinski definition) is 2. The molecule has 1 aliphatic carbocycles. The smallest absolute Gasteiger partial charge is 0.222 e. The number of nitrogens with one attached hydrogen (secondary N) is 2. The van der Waals surface area contributed by atoms with E-state index < -0.39 is 0 Å². The van der Waals surface area contributed by atoms with Crippen molar-refractivity contribution in [3.8, 4) is 11.4 Å². The molecule has 1 aromatic carbocycles. The van der Waals surface area contributed by atoms with Crippen LogP contribution in [0.4, 0.5) is 0 Å². The molecule has 1 fully saturated rings. The summed E-state index contributed by atoms with van der Waals surface area (Å²) in [6.07, 6.45) is 5.00. The van der Waals surface area contributed by atoms with Gasteiger partial charge >= 0.3 is 0 Å². The Morgan fingerprint density at radius 2 is 2.12 bits per heavy atom. The Balaban J connectivity index is 1.62. The maximum Gasteiger partial charge on any atom is 0.222 e. The van der Waals surface area contributed by atoms with Gasteiger partial charge in [-0.1, -0.05) is 30.7 Å². The summed E-state index contributed by atoms with van der Waals surface area (Å²) < 4.78 is 2.46. The number of hydrogen-bond acceptors (Lipinski definition) is 3. The number of aryl methyl sites for hydroxylation is 1. The van der Waals surface area contributed by atoms with E-state index in [-0.39, 0.29) is 5.91 Å². The molecule has 0 unspecified atom stereocenters. The SMILES string of the molecule is Cc1cccc(-c2n[nH]c(=S)n2CCC(=O)NC2CCC(C)CC2)c1. The lowest BCUT2D eigenvalue weighted by molar-refractivity contribution is -0.122. The number of rotatable bonds is 5. The van der Waals surface area contributed by atoms with Crippen molar-refractivity contribution < 1.29 is 4.79 Å². The van der Waals surface area contributed by atoms with Crippen LogP contribution in [0.15, 0.2) is 24.3 Å². The highest BCUT2D eigenvalue weighted by Gasteiger charge is 2.20. The molecular formula is C19H26N4OS. The summed E-state index contributed by atoms with van der Waals surface area (Å²) in [6.45, 7) is 4.87. The van der Waals surface area contributed by atoms with Crippen LogP contribution in [0, 0.1) is 17.6 Å². The van der Waals surface area contributed by atoms with Crippen LogP contribution in [0.5, 0.6) is 0 Å². The third-order valence-electron chi connectivity index (χ3n) is 4.98. The predicted octanol–water partition coefficient (Wildman–Crippen LogP) is 4.00. The Bertz CT molecular complexity index is 787. The van der Waals surface area contributed by atoms with Crippen LogP contribution < -0.4 is 5.32 Å². The molecule has 0 atom stereocenters. The van der Waals surface area contributed by atoms with E-state index in [1.165, 1.54) is 18.4 Å². The number of carbonyl (C=O) groups excluding carboxylic acids is 1. The minimum absolute atomic E-state index is 0.0952. The summed E-state index contributed by atoms with van der Waals surface area (Å²) in [5.41, 5.74) is 2.18. The van der Waals surface area contributed by atoms with E-state index >= 15 is 0 Å². The van der Waals surface area contributed by atoms with Gasteiger partial charge in [0.25, 0.3) is 0 Å². The number of aromatic nitrogens is 3. The summed E-state index contributed by atoms with van der Waals surface area (Å²) in [6, 6.07) is 8.47. The quantitative estimate of drug-likeness (QED) is 0.794. The average molecular weight is 359 g/mol. The fourth-order valence-corrected chi connectivity index (χ4v) is 3.67. The summed E-state index contributed by atoms with van der Waals surface area (Å²) in [5, 5.41) is 10.4. The molecule has 134 valence electrons. The molecule has 0 aliphatic heterocycles. The second-order valence-electron chi connectivity index (χ2n) is 7.15. The zero-order valence-electron chi connectivity index (χ0n) is 14.9. The molecular weight excluding hydrogens is 332 g/mol. The predicted molar refractivity (Wildman–Crippen MR) is 102 cm³/mol. The number of amides is 1. The molecule has 1 heterocycles. The second-order valence-corrected chi connectivity index (χ2v) is 7.53. The fraction of sp³-hybridized carbons (Fsp3) is 0.526. The van der Waals surface area contributed by atoms with Crippen molar-refractivity contribution in [1.29, 1.82) is 0 Å². The molecule has 25 heavy (non-hydrogen) atoms. The van der Waals surface area contributed by atoms with Crippen LogP contribution in [0.25, 0.3) is 11.4 Å². The third kappa shape index (κ3) is 4.57. The normalized spacial score (nSPS) is 20.4. The van der Waals surface area contributed by atoms with E-state index in [4.69, 9.17) is 12.2 Å². The first-order valence-corrected chi connectivity index (χ1v) is 9.45. The Morgan fingerprint density at radius 1 is 1.36 bits per heavy atom. The Kier molecular flexibility index (Phi) is 5.68. The van der Waals surface area contributed by atoms with Gasteiger partial charge in [-0.2, -0.15) is 5.10 Å². The molecule has 1 aliphatic rings. The molecule has 1 aromatic heterocycles. The van der Waals surface area contributed by atoms with Crippen LogP contribution >= 0.6 is 12.2 Å². The summed E-state index contributed by atoms with van der Waals surface area (Å²) >= 11 is 5.35. The van der Waals surface area contributed by atoms with E-state index in [1.54, 1.807) is 0 Å². The second kappa shape index (κ2) is 7.95. The number of carbonyl (C=O) groups is 1. The molecule has 0 saturated heterocycles. The van der Waals surface area contributed by atoms with Crippen LogP contribution in [0.3, 0.4) is 0 Å². The van der Waals surface area contributed by atoms with Crippen LogP contribution in [0.1, 0.15) is 44.6 Å². The number of benzene rings is 1. The van der Waals surface area contributed by atoms with E-state index in [2.05, 4.69) is 28.5 Å². The van der Waals surface area contributed by atoms with Crippen molar-refractivity contribution in [2.45, 2.75) is 58.5 Å². The van der Waals surface area contributed by atoms with Gasteiger partial charge < -0.3 is 5.32 Å². The first-order chi connectivity index (χ1) is 12.0. The first kappa shape index (κ1) is 17.9. The molecule has 5 nitrogen and oxygen atoms in total. The minimum Gasteiger partial charge on any atom is -0.353 e. The van der Waals surface area contributed by atoms with Crippen LogP contribution in [-0.4, -0.2) is 26.7 Å². The van der Waals surface area contributed by atoms with Gasteiger partial charge in [0.1, 0.15) is 0 Å². The number of H-pyrrole nitrogens is 1. The van der Waals surface area contributed by atoms with Crippen LogP contribution in [0.2, 0.25) is 0 Å². The fourth-order valence-electron chi connectivity index (χ4n) is 3.45. The topological polar surface area (TPSA) is 62.7 Å². The highest BCUT2D eigenvalue weighted by atomic mass is 32.1. The molecule has 0 spiro atoms. The van der Waals surface area contributed by atoms with Crippen LogP contribution in [-0.2, 0) is 11.3 Å². The maximum absolute atomic E-state index is 12.3. The highest BCUT2D eigenvalue weighted by Crippen LogP contribution is 2.23. The van der Waals surface area contributed by atoms with Crippen molar-refractivity contribution in [3.63, 3.8) is 0 Å². The lowest BCUT2D eigenvalue weighted by Gasteiger charge is -2.26.